The number of cyclic esters (lactones) is 1. The molecule has 0 amide bonds. The maximum atomic E-state index is 12.1. The summed E-state index contributed by atoms with van der Waals surface area (Å²) in [6, 6.07) is 1.92. The highest BCUT2D eigenvalue weighted by molar-refractivity contribution is 5.77. The van der Waals surface area contributed by atoms with E-state index in [0.717, 1.165) is 0 Å². The second kappa shape index (κ2) is 5.82. The highest BCUT2D eigenvalue weighted by Gasteiger charge is 2.40. The van der Waals surface area contributed by atoms with E-state index in [2.05, 4.69) is 0 Å². The zero-order chi connectivity index (χ0) is 15.6. The lowest BCUT2D eigenvalue weighted by Gasteiger charge is -2.28. The fourth-order valence-corrected chi connectivity index (χ4v) is 2.03. The lowest BCUT2D eigenvalue weighted by molar-refractivity contribution is -0.163. The molecule has 0 aromatic heterocycles. The van der Waals surface area contributed by atoms with Gasteiger partial charge in [0.15, 0.2) is 0 Å². The zero-order valence-electron chi connectivity index (χ0n) is 12.9. The summed E-state index contributed by atoms with van der Waals surface area (Å²) in [4.78, 5) is 23.9. The van der Waals surface area contributed by atoms with Crippen LogP contribution in [0.1, 0.15) is 53.9 Å². The van der Waals surface area contributed by atoms with Crippen LogP contribution in [0.5, 0.6) is 0 Å². The molecule has 1 rings (SSSR count). The van der Waals surface area contributed by atoms with Crippen LogP contribution in [0.4, 0.5) is 0 Å². The maximum Gasteiger partial charge on any atom is 0.324 e. The van der Waals surface area contributed by atoms with Crippen LogP contribution in [0.2, 0.25) is 0 Å². The third-order valence-corrected chi connectivity index (χ3v) is 3.75. The van der Waals surface area contributed by atoms with E-state index in [-0.39, 0.29) is 12.4 Å². The molecule has 2 unspecified atom stereocenters. The quantitative estimate of drug-likeness (QED) is 0.743. The number of esters is 2. The normalized spacial score (nSPS) is 26.1. The molecule has 5 heteroatoms. The molecule has 1 aliphatic rings. The van der Waals surface area contributed by atoms with E-state index in [9.17, 15) is 9.59 Å². The van der Waals surface area contributed by atoms with Crippen LogP contribution in [0, 0.1) is 22.7 Å². The van der Waals surface area contributed by atoms with E-state index < -0.39 is 29.0 Å². The molecular formula is C15H23NO4. The molecule has 1 heterocycles. The first-order valence-corrected chi connectivity index (χ1v) is 6.95. The van der Waals surface area contributed by atoms with Crippen molar-refractivity contribution in [2.24, 2.45) is 11.3 Å². The highest BCUT2D eigenvalue weighted by Crippen LogP contribution is 2.31. The topological polar surface area (TPSA) is 76.4 Å². The van der Waals surface area contributed by atoms with E-state index in [4.69, 9.17) is 14.7 Å². The summed E-state index contributed by atoms with van der Waals surface area (Å²) < 4.78 is 10.8. The van der Waals surface area contributed by atoms with Crippen molar-refractivity contribution in [2.45, 2.75) is 65.6 Å². The molecular weight excluding hydrogens is 258 g/mol. The summed E-state index contributed by atoms with van der Waals surface area (Å²) in [5.41, 5.74) is -1.30. The van der Waals surface area contributed by atoms with E-state index >= 15 is 0 Å². The first-order valence-electron chi connectivity index (χ1n) is 6.95. The second-order valence-electron chi connectivity index (χ2n) is 6.57. The van der Waals surface area contributed by atoms with Gasteiger partial charge in [0.05, 0.1) is 11.5 Å². The van der Waals surface area contributed by atoms with Crippen LogP contribution in [-0.4, -0.2) is 23.6 Å². The molecule has 0 aromatic carbocycles. The molecule has 1 saturated heterocycles. The Kier molecular flexibility index (Phi) is 4.80. The summed E-state index contributed by atoms with van der Waals surface area (Å²) in [5.74, 6) is -1.71. The Balaban J connectivity index is 2.86. The molecule has 0 radical (unpaired) electrons. The van der Waals surface area contributed by atoms with Crippen molar-refractivity contribution in [1.29, 1.82) is 5.26 Å². The van der Waals surface area contributed by atoms with Crippen molar-refractivity contribution < 1.29 is 19.1 Å². The Morgan fingerprint density at radius 2 is 2.15 bits per heavy atom. The Hall–Kier alpha value is -1.57. The molecule has 0 saturated carbocycles. The lowest BCUT2D eigenvalue weighted by Crippen LogP contribution is -2.34. The molecule has 0 N–H and O–H groups in total. The van der Waals surface area contributed by atoms with Gasteiger partial charge in [0.1, 0.15) is 17.6 Å². The maximum absolute atomic E-state index is 12.1. The van der Waals surface area contributed by atoms with Gasteiger partial charge < -0.3 is 9.47 Å². The van der Waals surface area contributed by atoms with E-state index in [1.807, 2.05) is 26.8 Å². The second-order valence-corrected chi connectivity index (χ2v) is 6.57. The van der Waals surface area contributed by atoms with Gasteiger partial charge in [-0.15, -0.1) is 0 Å². The Morgan fingerprint density at radius 1 is 1.55 bits per heavy atom. The third kappa shape index (κ3) is 3.96. The van der Waals surface area contributed by atoms with E-state index in [1.165, 1.54) is 0 Å². The minimum Gasteiger partial charge on any atom is -0.462 e. The van der Waals surface area contributed by atoms with Crippen molar-refractivity contribution in [3.63, 3.8) is 0 Å². The number of carbonyl (C=O) groups is 2. The molecule has 0 aliphatic carbocycles. The highest BCUT2D eigenvalue weighted by atomic mass is 16.6. The van der Waals surface area contributed by atoms with Crippen LogP contribution in [-0.2, 0) is 19.1 Å². The fourth-order valence-electron chi connectivity index (χ4n) is 2.03. The molecule has 20 heavy (non-hydrogen) atoms. The molecule has 1 fully saturated rings. The van der Waals surface area contributed by atoms with Crippen molar-refractivity contribution in [3.8, 4) is 6.07 Å². The van der Waals surface area contributed by atoms with Gasteiger partial charge in [-0.1, -0.05) is 6.92 Å². The third-order valence-electron chi connectivity index (χ3n) is 3.75. The summed E-state index contributed by atoms with van der Waals surface area (Å²) in [6.07, 6.45) is 0.797. The number of nitrogens with zero attached hydrogens (tertiary/aromatic N) is 1. The summed E-state index contributed by atoms with van der Waals surface area (Å²) in [6.45, 7) is 9.08. The lowest BCUT2D eigenvalue weighted by atomic mass is 9.90. The number of nitriles is 1. The average Bonchev–Trinajstić information content (AvgIpc) is 2.44. The van der Waals surface area contributed by atoms with Crippen molar-refractivity contribution in [1.82, 2.24) is 0 Å². The Morgan fingerprint density at radius 3 is 2.65 bits per heavy atom. The van der Waals surface area contributed by atoms with Gasteiger partial charge in [-0.25, -0.2) is 0 Å². The SMILES string of the molecule is CCC(C)(C)C(=O)OC1CC(C#N)C(=O)OC(C)(C)C1. The molecule has 112 valence electrons. The number of rotatable bonds is 3. The zero-order valence-corrected chi connectivity index (χ0v) is 12.9. The van der Waals surface area contributed by atoms with Crippen molar-refractivity contribution >= 4 is 11.9 Å². The number of ether oxygens (including phenoxy) is 2. The van der Waals surface area contributed by atoms with Crippen LogP contribution < -0.4 is 0 Å². The van der Waals surface area contributed by atoms with Crippen LogP contribution in [0.25, 0.3) is 0 Å². The Bertz CT molecular complexity index is 434. The van der Waals surface area contributed by atoms with Crippen LogP contribution >= 0.6 is 0 Å². The van der Waals surface area contributed by atoms with Gasteiger partial charge >= 0.3 is 11.9 Å². The number of hydrogen-bond donors (Lipinski definition) is 0. The van der Waals surface area contributed by atoms with E-state index in [1.54, 1.807) is 13.8 Å². The summed E-state index contributed by atoms with van der Waals surface area (Å²) in [5, 5.41) is 9.02. The molecule has 1 aliphatic heterocycles. The van der Waals surface area contributed by atoms with Gasteiger partial charge in [-0.05, 0) is 34.1 Å². The average molecular weight is 281 g/mol. The smallest absolute Gasteiger partial charge is 0.324 e. The van der Waals surface area contributed by atoms with Crippen LogP contribution in [0.15, 0.2) is 0 Å². The summed E-state index contributed by atoms with van der Waals surface area (Å²) in [7, 11) is 0. The van der Waals surface area contributed by atoms with Gasteiger partial charge in [-0.2, -0.15) is 5.26 Å². The first-order chi connectivity index (χ1) is 9.11. The molecule has 5 nitrogen and oxygen atoms in total. The predicted molar refractivity (Wildman–Crippen MR) is 72.5 cm³/mol. The number of carbonyl (C=O) groups excluding carboxylic acids is 2. The first kappa shape index (κ1) is 16.5. The molecule has 0 bridgehead atoms. The minimum atomic E-state index is -0.876. The van der Waals surface area contributed by atoms with E-state index in [0.29, 0.717) is 12.8 Å². The molecule has 0 spiro atoms. The Labute approximate surface area is 120 Å². The van der Waals surface area contributed by atoms with Crippen molar-refractivity contribution in [2.75, 3.05) is 0 Å². The van der Waals surface area contributed by atoms with Gasteiger partial charge in [0.25, 0.3) is 0 Å². The predicted octanol–water partition coefficient (Wildman–Crippen LogP) is 2.59. The largest absolute Gasteiger partial charge is 0.462 e. The van der Waals surface area contributed by atoms with Crippen molar-refractivity contribution in [3.05, 3.63) is 0 Å². The van der Waals surface area contributed by atoms with Gasteiger partial charge in [-0.3, -0.25) is 9.59 Å². The van der Waals surface area contributed by atoms with Gasteiger partial charge in [0, 0.05) is 12.8 Å². The molecule has 2 atom stereocenters. The fraction of sp³-hybridized carbons (Fsp3) is 0.800. The standard InChI is InChI=1S/C15H23NO4/c1-6-14(2,3)13(18)19-11-7-10(9-16)12(17)20-15(4,5)8-11/h10-11H,6-8H2,1-5H3. The monoisotopic (exact) mass is 281 g/mol. The number of hydrogen-bond acceptors (Lipinski definition) is 5. The molecule has 0 aromatic rings. The van der Waals surface area contributed by atoms with Crippen LogP contribution in [0.3, 0.4) is 0 Å². The minimum absolute atomic E-state index is 0.199. The van der Waals surface area contributed by atoms with Gasteiger partial charge in [0.2, 0.25) is 0 Å². The summed E-state index contributed by atoms with van der Waals surface area (Å²) >= 11 is 0.